The van der Waals surface area contributed by atoms with Gasteiger partial charge in [0.1, 0.15) is 0 Å². The number of rotatable bonds is 11. The largest absolute Gasteiger partial charge is 0.734 e. The van der Waals surface area contributed by atoms with Gasteiger partial charge in [-0.05, 0) is 0 Å². The van der Waals surface area contributed by atoms with Crippen LogP contribution in [0.1, 0.15) is 6.42 Å². The first-order valence-corrected chi connectivity index (χ1v) is 6.15. The molecule has 0 N–H and O–H groups in total. The number of ether oxygens (including phenoxy) is 1. The Hall–Kier alpha value is -4.40. The highest BCUT2D eigenvalue weighted by molar-refractivity contribution is 5.66. The van der Waals surface area contributed by atoms with E-state index in [4.69, 9.17) is 0 Å². The third kappa shape index (κ3) is 4.05. The van der Waals surface area contributed by atoms with Crippen molar-refractivity contribution in [2.75, 3.05) is 13.2 Å². The van der Waals surface area contributed by atoms with E-state index in [0.717, 1.165) is 0 Å². The van der Waals surface area contributed by atoms with Gasteiger partial charge in [0.25, 0.3) is 0 Å². The van der Waals surface area contributed by atoms with Gasteiger partial charge in [-0.1, -0.05) is 4.48 Å². The second-order valence-corrected chi connectivity index (χ2v) is 4.48. The van der Waals surface area contributed by atoms with E-state index in [2.05, 4.69) is 4.74 Å². The van der Waals surface area contributed by atoms with Crippen LogP contribution in [0.25, 0.3) is 0 Å². The van der Waals surface area contributed by atoms with Crippen LogP contribution in [0.4, 0.5) is 9.28 Å². The quantitative estimate of drug-likeness (QED) is 0.162. The number of amides is 1. The maximum Gasteiger partial charge on any atom is 0.734 e. The number of carbonyl (C=O) groups excluding carboxylic acids is 1. The Morgan fingerprint density at radius 3 is 1.36 bits per heavy atom. The summed E-state index contributed by atoms with van der Waals surface area (Å²) in [5.74, 6) is -8.49. The third-order valence-corrected chi connectivity index (χ3v) is 2.99. The molecule has 0 bridgehead atoms. The maximum absolute atomic E-state index is 13.5. The van der Waals surface area contributed by atoms with Crippen molar-refractivity contribution in [1.29, 1.82) is 0 Å². The normalized spacial score (nSPS) is 11.2. The molecule has 0 heterocycles. The molecule has 0 aromatic heterocycles. The fourth-order valence-electron chi connectivity index (χ4n) is 1.40. The van der Waals surface area contributed by atoms with Gasteiger partial charge in [-0.3, -0.25) is 60.7 Å². The van der Waals surface area contributed by atoms with Crippen LogP contribution in [0.15, 0.2) is 0 Å². The summed E-state index contributed by atoms with van der Waals surface area (Å²) in [5, 5.41) is 62.2. The number of nitro groups is 6. The van der Waals surface area contributed by atoms with Gasteiger partial charge >= 0.3 is 24.3 Å². The summed E-state index contributed by atoms with van der Waals surface area (Å²) in [4.78, 5) is 62.6. The van der Waals surface area contributed by atoms with Crippen LogP contribution in [0.2, 0.25) is 0 Å². The van der Waals surface area contributed by atoms with E-state index in [9.17, 15) is 70.0 Å². The van der Waals surface area contributed by atoms with E-state index in [1.807, 2.05) is 0 Å². The van der Waals surface area contributed by atoms with Crippen molar-refractivity contribution >= 4 is 6.09 Å². The Morgan fingerprint density at radius 2 is 1.07 bits per heavy atom. The summed E-state index contributed by atoms with van der Waals surface area (Å²) in [7, 11) is 0. The fraction of sp³-hybridized carbons (Fsp3) is 0.833. The Kier molecular flexibility index (Phi) is 7.01. The molecule has 0 unspecified atom stereocenters. The minimum atomic E-state index is -4.32. The molecule has 0 rings (SSSR count). The number of carbonyl (C=O) groups is 1. The summed E-state index contributed by atoms with van der Waals surface area (Å²) < 4.78 is 17.2. The smallest absolute Gasteiger partial charge is 0.422 e. The summed E-state index contributed by atoms with van der Waals surface area (Å²) >= 11 is 0. The highest BCUT2D eigenvalue weighted by Crippen LogP contribution is 2.19. The molecule has 0 saturated carbocycles. The topological polar surface area (TPSA) is 288 Å². The van der Waals surface area contributed by atoms with Crippen molar-refractivity contribution in [3.8, 4) is 0 Å². The first kappa shape index (κ1) is 23.6. The van der Waals surface area contributed by atoms with E-state index in [1.165, 1.54) is 0 Å². The zero-order chi connectivity index (χ0) is 22.4. The van der Waals surface area contributed by atoms with Gasteiger partial charge in [0, 0.05) is 0 Å². The second-order valence-electron chi connectivity index (χ2n) is 4.48. The van der Waals surface area contributed by atoms with Crippen molar-refractivity contribution in [1.82, 2.24) is 5.12 Å². The van der Waals surface area contributed by atoms with Crippen molar-refractivity contribution in [3.63, 3.8) is 0 Å². The number of hydrogen-bond donors (Lipinski definition) is 0. The summed E-state index contributed by atoms with van der Waals surface area (Å²) in [6.45, 7) is -4.01. The molecule has 0 aliphatic carbocycles. The van der Waals surface area contributed by atoms with E-state index < -0.39 is 71.9 Å². The zero-order valence-corrected chi connectivity index (χ0v) is 12.8. The first-order valence-electron chi connectivity index (χ1n) is 6.15. The molecule has 22 heteroatoms. The molecule has 0 aromatic carbocycles. The van der Waals surface area contributed by atoms with Gasteiger partial charge in [-0.2, -0.15) is 0 Å². The Morgan fingerprint density at radius 1 is 0.750 bits per heavy atom. The van der Waals surface area contributed by atoms with Crippen LogP contribution in [0.5, 0.6) is 0 Å². The average molecular weight is 419 g/mol. The highest BCUT2D eigenvalue weighted by atomic mass is 19.2. The van der Waals surface area contributed by atoms with Crippen molar-refractivity contribution in [3.05, 3.63) is 60.7 Å². The monoisotopic (exact) mass is 419 g/mol. The van der Waals surface area contributed by atoms with Crippen molar-refractivity contribution in [2.45, 2.75) is 18.0 Å². The molecule has 0 aromatic rings. The van der Waals surface area contributed by atoms with Gasteiger partial charge < -0.3 is 4.74 Å². The van der Waals surface area contributed by atoms with Gasteiger partial charge in [0.15, 0.2) is 36.0 Å². The minimum absolute atomic E-state index is 1.30. The highest BCUT2D eigenvalue weighted by Gasteiger charge is 2.72. The Bertz CT molecular complexity index is 666. The molecule has 28 heavy (non-hydrogen) atoms. The van der Waals surface area contributed by atoms with Crippen LogP contribution >= 0.6 is 0 Å². The molecule has 0 spiro atoms. The SMILES string of the molecule is O=C(OCC([N+](=O)[O-])([N+](=O)[O-])[N+](=O)[O-])N(F)CCC([N+](=O)[O-])([N+](=O)[O-])[N+](=O)[O-]. The summed E-state index contributed by atoms with van der Waals surface area (Å²) in [6.07, 6.45) is -4.30. The molecular formula is C6H6FN7O14. The zero-order valence-electron chi connectivity index (χ0n) is 12.8. The Labute approximate surface area is 148 Å². The molecule has 0 aliphatic rings. The number of nitrogens with zero attached hydrogens (tertiary/aromatic N) is 7. The van der Waals surface area contributed by atoms with E-state index >= 15 is 0 Å². The van der Waals surface area contributed by atoms with E-state index in [1.54, 1.807) is 0 Å². The minimum Gasteiger partial charge on any atom is -0.422 e. The van der Waals surface area contributed by atoms with Gasteiger partial charge in [-0.25, -0.2) is 4.79 Å². The molecule has 0 saturated heterocycles. The van der Waals surface area contributed by atoms with Crippen LogP contribution in [-0.2, 0) is 4.74 Å². The Balaban J connectivity index is 5.34. The van der Waals surface area contributed by atoms with Gasteiger partial charge in [0.05, 0.1) is 6.54 Å². The standard InChI is InChI=1S/C6H6FN7O14/c7-8(2-1-5(9(16)17,10(18)19)11(20)21)4(15)28-3-6(12(22)23,13(24)25)14(26)27/h1-3H2. The molecule has 0 aliphatic heterocycles. The molecule has 156 valence electrons. The summed E-state index contributed by atoms with van der Waals surface area (Å²) in [6, 6.07) is 0. The summed E-state index contributed by atoms with van der Waals surface area (Å²) in [5.41, 5.74) is 0. The lowest BCUT2D eigenvalue weighted by Crippen LogP contribution is -2.57. The molecule has 21 nitrogen and oxygen atoms in total. The maximum atomic E-state index is 13.5. The molecule has 0 fully saturated rings. The van der Waals surface area contributed by atoms with E-state index in [0.29, 0.717) is 0 Å². The van der Waals surface area contributed by atoms with Gasteiger partial charge in [-0.15, -0.1) is 5.12 Å². The number of hydrogen-bond acceptors (Lipinski definition) is 14. The second kappa shape index (κ2) is 8.32. The molecule has 1 amide bonds. The van der Waals surface area contributed by atoms with Crippen LogP contribution < -0.4 is 0 Å². The van der Waals surface area contributed by atoms with Crippen LogP contribution in [-0.4, -0.2) is 65.5 Å². The van der Waals surface area contributed by atoms with Crippen molar-refractivity contribution < 1.29 is 43.6 Å². The fourth-order valence-corrected chi connectivity index (χ4v) is 1.40. The van der Waals surface area contributed by atoms with E-state index in [-0.39, 0.29) is 0 Å². The predicted molar refractivity (Wildman–Crippen MR) is 71.2 cm³/mol. The van der Waals surface area contributed by atoms with Crippen molar-refractivity contribution in [2.24, 2.45) is 0 Å². The van der Waals surface area contributed by atoms with Crippen LogP contribution in [0.3, 0.4) is 0 Å². The van der Waals surface area contributed by atoms with Gasteiger partial charge in [0.2, 0.25) is 0 Å². The lowest BCUT2D eigenvalue weighted by atomic mass is 10.2. The number of halogens is 1. The molecular weight excluding hydrogens is 413 g/mol. The lowest BCUT2D eigenvalue weighted by molar-refractivity contribution is -0.970. The molecule has 0 radical (unpaired) electrons. The third-order valence-electron chi connectivity index (χ3n) is 2.99. The average Bonchev–Trinajstić information content (AvgIpc) is 2.53. The first-order chi connectivity index (χ1) is 12.7. The predicted octanol–water partition coefficient (Wildman–Crippen LogP) is -1.33. The van der Waals surface area contributed by atoms with Crippen LogP contribution in [0, 0.1) is 60.7 Å². The lowest BCUT2D eigenvalue weighted by Gasteiger charge is -2.14. The molecule has 0 atom stereocenters.